The summed E-state index contributed by atoms with van der Waals surface area (Å²) >= 11 is 0. The van der Waals surface area contributed by atoms with Crippen LogP contribution in [0.2, 0.25) is 0 Å². The van der Waals surface area contributed by atoms with E-state index >= 15 is 0 Å². The predicted molar refractivity (Wildman–Crippen MR) is 140 cm³/mol. The van der Waals surface area contributed by atoms with Gasteiger partial charge in [-0.3, -0.25) is 9.48 Å². The number of anilines is 4. The van der Waals surface area contributed by atoms with Crippen LogP contribution in [0.1, 0.15) is 23.2 Å². The van der Waals surface area contributed by atoms with Crippen molar-refractivity contribution in [3.8, 4) is 22.8 Å². The number of pyridine rings is 3. The first-order chi connectivity index (χ1) is 18.6. The second kappa shape index (κ2) is 9.73. The molecule has 5 aromatic heterocycles. The fraction of sp³-hybridized carbons (Fsp3) is 0.192. The lowest BCUT2D eigenvalue weighted by atomic mass is 10.1. The molecule has 0 spiro atoms. The average Bonchev–Trinajstić information content (AvgIpc) is 3.46. The predicted octanol–water partition coefficient (Wildman–Crippen LogP) is 3.94. The molecule has 12 heteroatoms. The van der Waals surface area contributed by atoms with Gasteiger partial charge in [-0.15, -0.1) is 0 Å². The molecule has 38 heavy (non-hydrogen) atoms. The zero-order valence-corrected chi connectivity index (χ0v) is 20.7. The topological polar surface area (TPSA) is 138 Å². The van der Waals surface area contributed by atoms with E-state index in [1.54, 1.807) is 68.4 Å². The fourth-order valence-electron chi connectivity index (χ4n) is 4.05. The van der Waals surface area contributed by atoms with Crippen LogP contribution in [0.4, 0.5) is 23.1 Å². The molecule has 12 nitrogen and oxygen atoms in total. The summed E-state index contributed by atoms with van der Waals surface area (Å²) in [4.78, 5) is 34.9. The number of Topliss-reactive ketones (excluding diaryl/α,β-unsaturated/α-hetero) is 1. The van der Waals surface area contributed by atoms with Gasteiger partial charge in [-0.2, -0.15) is 5.10 Å². The summed E-state index contributed by atoms with van der Waals surface area (Å²) in [6, 6.07) is 7.33. The standard InChI is InChI=1S/C26H24N10O2/c1-35-15-31-25(34-35)18-7-8-28-26(24(18)38-2)32-20-11-22(30-13-19(20)23(37)16-3-4-16)33-21-6-5-17(12-29-21)36-10-9-27-14-36/h5-16H,3-4H2,1-2H3,(H2,28,29,30,32,33). The van der Waals surface area contributed by atoms with E-state index in [0.717, 1.165) is 18.5 Å². The molecule has 0 unspecified atom stereocenters. The van der Waals surface area contributed by atoms with E-state index in [1.807, 2.05) is 22.9 Å². The van der Waals surface area contributed by atoms with Crippen molar-refractivity contribution in [3.05, 3.63) is 73.5 Å². The highest BCUT2D eigenvalue weighted by molar-refractivity contribution is 6.04. The molecule has 0 aromatic carbocycles. The third-order valence-electron chi connectivity index (χ3n) is 6.13. The quantitative estimate of drug-likeness (QED) is 0.282. The lowest BCUT2D eigenvalue weighted by Gasteiger charge is -2.16. The molecule has 0 atom stereocenters. The number of hydrogen-bond donors (Lipinski definition) is 2. The second-order valence-electron chi connectivity index (χ2n) is 8.86. The Labute approximate surface area is 217 Å². The first-order valence-electron chi connectivity index (χ1n) is 12.0. The number of ketones is 1. The molecular weight excluding hydrogens is 484 g/mol. The van der Waals surface area contributed by atoms with E-state index in [-0.39, 0.29) is 11.7 Å². The number of carbonyl (C=O) groups excluding carboxylic acids is 1. The molecule has 1 aliphatic carbocycles. The van der Waals surface area contributed by atoms with Crippen LogP contribution in [0.5, 0.6) is 5.75 Å². The van der Waals surface area contributed by atoms with E-state index in [4.69, 9.17) is 4.74 Å². The molecule has 6 rings (SSSR count). The smallest absolute Gasteiger partial charge is 0.185 e. The highest BCUT2D eigenvalue weighted by Crippen LogP contribution is 2.38. The lowest BCUT2D eigenvalue weighted by molar-refractivity contribution is 0.0968. The van der Waals surface area contributed by atoms with Crippen molar-refractivity contribution in [3.63, 3.8) is 0 Å². The van der Waals surface area contributed by atoms with Crippen molar-refractivity contribution in [1.29, 1.82) is 0 Å². The molecule has 0 radical (unpaired) electrons. The van der Waals surface area contributed by atoms with Gasteiger partial charge in [-0.25, -0.2) is 24.9 Å². The Kier molecular flexibility index (Phi) is 5.96. The molecule has 5 heterocycles. The Morgan fingerprint density at radius 2 is 1.87 bits per heavy atom. The number of aryl methyl sites for hydroxylation is 1. The number of hydrogen-bond acceptors (Lipinski definition) is 10. The molecule has 0 bridgehead atoms. The first kappa shape index (κ1) is 23.3. The number of nitrogens with one attached hydrogen (secondary N) is 2. The molecule has 1 saturated carbocycles. The van der Waals surface area contributed by atoms with Gasteiger partial charge in [0.1, 0.15) is 18.0 Å². The van der Waals surface area contributed by atoms with Crippen LogP contribution >= 0.6 is 0 Å². The van der Waals surface area contributed by atoms with Crippen molar-refractivity contribution in [1.82, 2.24) is 39.3 Å². The minimum absolute atomic E-state index is 0.0208. The van der Waals surface area contributed by atoms with Crippen LogP contribution in [0, 0.1) is 5.92 Å². The Morgan fingerprint density at radius 1 is 1.00 bits per heavy atom. The van der Waals surface area contributed by atoms with Crippen LogP contribution in [-0.4, -0.2) is 52.2 Å². The first-order valence-corrected chi connectivity index (χ1v) is 12.0. The third-order valence-corrected chi connectivity index (χ3v) is 6.13. The van der Waals surface area contributed by atoms with Gasteiger partial charge in [0.15, 0.2) is 23.2 Å². The van der Waals surface area contributed by atoms with Crippen LogP contribution in [0.25, 0.3) is 17.1 Å². The number of methoxy groups -OCH3 is 1. The number of nitrogens with zero attached hydrogens (tertiary/aromatic N) is 8. The van der Waals surface area contributed by atoms with E-state index in [1.165, 1.54) is 0 Å². The maximum Gasteiger partial charge on any atom is 0.185 e. The zero-order chi connectivity index (χ0) is 26.1. The van der Waals surface area contributed by atoms with Gasteiger partial charge in [0, 0.05) is 43.8 Å². The van der Waals surface area contributed by atoms with E-state index in [2.05, 4.69) is 40.7 Å². The molecule has 1 aliphatic rings. The minimum atomic E-state index is 0.0208. The maximum absolute atomic E-state index is 13.1. The van der Waals surface area contributed by atoms with Crippen molar-refractivity contribution in [2.75, 3.05) is 17.7 Å². The maximum atomic E-state index is 13.1. The van der Waals surface area contributed by atoms with Gasteiger partial charge < -0.3 is 19.9 Å². The van der Waals surface area contributed by atoms with Gasteiger partial charge in [-0.05, 0) is 31.0 Å². The lowest BCUT2D eigenvalue weighted by Crippen LogP contribution is -2.09. The van der Waals surface area contributed by atoms with Gasteiger partial charge in [0.25, 0.3) is 0 Å². The Hall–Kier alpha value is -5.13. The van der Waals surface area contributed by atoms with Crippen molar-refractivity contribution < 1.29 is 9.53 Å². The fourth-order valence-corrected chi connectivity index (χ4v) is 4.05. The largest absolute Gasteiger partial charge is 0.492 e. The molecule has 2 N–H and O–H groups in total. The van der Waals surface area contributed by atoms with Gasteiger partial charge in [0.2, 0.25) is 0 Å². The number of imidazole rings is 1. The van der Waals surface area contributed by atoms with Gasteiger partial charge >= 0.3 is 0 Å². The SMILES string of the molecule is COc1c(-c2ncn(C)n2)ccnc1Nc1cc(Nc2ccc(-n3ccnc3)cn2)ncc1C(=O)C1CC1. The van der Waals surface area contributed by atoms with Crippen molar-refractivity contribution >= 4 is 28.9 Å². The molecule has 190 valence electrons. The van der Waals surface area contributed by atoms with E-state index < -0.39 is 0 Å². The summed E-state index contributed by atoms with van der Waals surface area (Å²) in [6.45, 7) is 0. The van der Waals surface area contributed by atoms with Crippen molar-refractivity contribution in [2.24, 2.45) is 13.0 Å². The summed E-state index contributed by atoms with van der Waals surface area (Å²) in [5.41, 5.74) is 2.61. The molecule has 0 aliphatic heterocycles. The van der Waals surface area contributed by atoms with Crippen LogP contribution in [0.15, 0.2) is 67.9 Å². The zero-order valence-electron chi connectivity index (χ0n) is 20.7. The summed E-state index contributed by atoms with van der Waals surface area (Å²) < 4.78 is 9.18. The van der Waals surface area contributed by atoms with E-state index in [0.29, 0.717) is 45.8 Å². The van der Waals surface area contributed by atoms with Crippen LogP contribution < -0.4 is 15.4 Å². The third kappa shape index (κ3) is 4.66. The second-order valence-corrected chi connectivity index (χ2v) is 8.86. The van der Waals surface area contributed by atoms with Gasteiger partial charge in [-0.1, -0.05) is 0 Å². The molecule has 1 fully saturated rings. The van der Waals surface area contributed by atoms with E-state index in [9.17, 15) is 4.79 Å². The summed E-state index contributed by atoms with van der Waals surface area (Å²) in [7, 11) is 3.36. The minimum Gasteiger partial charge on any atom is -0.492 e. The monoisotopic (exact) mass is 508 g/mol. The summed E-state index contributed by atoms with van der Waals surface area (Å²) in [5, 5.41) is 10.9. The highest BCUT2D eigenvalue weighted by Gasteiger charge is 2.32. The number of aromatic nitrogens is 8. The summed E-state index contributed by atoms with van der Waals surface area (Å²) in [6.07, 6.45) is 13.6. The highest BCUT2D eigenvalue weighted by atomic mass is 16.5. The number of ether oxygens (including phenoxy) is 1. The van der Waals surface area contributed by atoms with Gasteiger partial charge in [0.05, 0.1) is 42.1 Å². The number of carbonyl (C=O) groups is 1. The Bertz CT molecular complexity index is 1590. The molecule has 5 aromatic rings. The van der Waals surface area contributed by atoms with Crippen molar-refractivity contribution in [2.45, 2.75) is 12.8 Å². The van der Waals surface area contributed by atoms with Crippen LogP contribution in [-0.2, 0) is 7.05 Å². The molecule has 0 amide bonds. The molecular formula is C26H24N10O2. The normalized spacial score (nSPS) is 12.8. The Balaban J connectivity index is 1.32. The summed E-state index contributed by atoms with van der Waals surface area (Å²) in [5.74, 6) is 2.60. The Morgan fingerprint density at radius 3 is 2.55 bits per heavy atom. The number of rotatable bonds is 9. The molecule has 0 saturated heterocycles. The average molecular weight is 509 g/mol. The van der Waals surface area contributed by atoms with Crippen LogP contribution in [0.3, 0.4) is 0 Å².